The highest BCUT2D eigenvalue weighted by atomic mass is 32.2. The second kappa shape index (κ2) is 5.40. The van der Waals surface area contributed by atoms with Crippen LogP contribution in [0.25, 0.3) is 0 Å². The summed E-state index contributed by atoms with van der Waals surface area (Å²) in [4.78, 5) is 1.09. The average Bonchev–Trinajstić information content (AvgIpc) is 2.77. The normalized spacial score (nSPS) is 25.9. The highest BCUT2D eigenvalue weighted by Gasteiger charge is 2.34. The second-order valence-electron chi connectivity index (χ2n) is 6.62. The highest BCUT2D eigenvalue weighted by molar-refractivity contribution is 7.91. The van der Waals surface area contributed by atoms with Gasteiger partial charge in [-0.1, -0.05) is 20.8 Å². The molecule has 0 spiro atoms. The summed E-state index contributed by atoms with van der Waals surface area (Å²) >= 11 is 1.38. The summed E-state index contributed by atoms with van der Waals surface area (Å²) in [6.45, 7) is 8.75. The van der Waals surface area contributed by atoms with Gasteiger partial charge in [-0.15, -0.1) is 11.3 Å². The Balaban J connectivity index is 2.29. The zero-order valence-electron chi connectivity index (χ0n) is 12.6. The number of nitrogens with two attached hydrogens (primary N) is 1. The van der Waals surface area contributed by atoms with E-state index in [9.17, 15) is 8.42 Å². The van der Waals surface area contributed by atoms with Gasteiger partial charge in [0.25, 0.3) is 10.0 Å². The molecule has 2 N–H and O–H groups in total. The maximum Gasteiger partial charge on any atom is 0.252 e. The molecule has 1 aromatic rings. The van der Waals surface area contributed by atoms with Crippen molar-refractivity contribution >= 4 is 21.4 Å². The molecular weight excluding hydrogens is 292 g/mol. The Morgan fingerprint density at radius 2 is 2.00 bits per heavy atom. The van der Waals surface area contributed by atoms with Gasteiger partial charge < -0.3 is 5.73 Å². The number of sulfonamides is 1. The predicted octanol–water partition coefficient (Wildman–Crippen LogP) is 2.55. The molecule has 2 atom stereocenters. The van der Waals surface area contributed by atoms with E-state index in [2.05, 4.69) is 20.8 Å². The number of nitrogens with zero attached hydrogens (tertiary/aromatic N) is 1. The van der Waals surface area contributed by atoms with E-state index < -0.39 is 10.0 Å². The van der Waals surface area contributed by atoms with Crippen molar-refractivity contribution in [3.05, 3.63) is 17.0 Å². The van der Waals surface area contributed by atoms with Gasteiger partial charge in [0.2, 0.25) is 0 Å². The van der Waals surface area contributed by atoms with E-state index in [0.717, 1.165) is 17.7 Å². The molecule has 0 aromatic carbocycles. The molecule has 1 saturated heterocycles. The van der Waals surface area contributed by atoms with Crippen LogP contribution in [-0.4, -0.2) is 31.4 Å². The second-order valence-corrected chi connectivity index (χ2v) is 9.82. The maximum absolute atomic E-state index is 12.7. The van der Waals surface area contributed by atoms with Crippen LogP contribution in [0.1, 0.15) is 45.4 Å². The van der Waals surface area contributed by atoms with Gasteiger partial charge in [-0.25, -0.2) is 8.42 Å². The van der Waals surface area contributed by atoms with E-state index in [-0.39, 0.29) is 17.5 Å². The van der Waals surface area contributed by atoms with Crippen molar-refractivity contribution < 1.29 is 8.42 Å². The van der Waals surface area contributed by atoms with Crippen LogP contribution in [0.2, 0.25) is 0 Å². The summed E-state index contributed by atoms with van der Waals surface area (Å²) in [5.74, 6) is 0. The Morgan fingerprint density at radius 1 is 1.35 bits per heavy atom. The van der Waals surface area contributed by atoms with Gasteiger partial charge >= 0.3 is 0 Å². The van der Waals surface area contributed by atoms with Crippen molar-refractivity contribution in [1.29, 1.82) is 0 Å². The fourth-order valence-electron chi connectivity index (χ4n) is 2.52. The summed E-state index contributed by atoms with van der Waals surface area (Å²) in [5.41, 5.74) is 5.89. The molecule has 20 heavy (non-hydrogen) atoms. The molecule has 114 valence electrons. The van der Waals surface area contributed by atoms with Crippen molar-refractivity contribution in [3.63, 3.8) is 0 Å². The van der Waals surface area contributed by atoms with Gasteiger partial charge in [-0.05, 0) is 37.3 Å². The fraction of sp³-hybridized carbons (Fsp3) is 0.714. The van der Waals surface area contributed by atoms with E-state index >= 15 is 0 Å². The highest BCUT2D eigenvalue weighted by Crippen LogP contribution is 2.34. The molecule has 1 aliphatic rings. The number of rotatable bonds is 2. The first-order valence-corrected chi connectivity index (χ1v) is 9.26. The van der Waals surface area contributed by atoms with Gasteiger partial charge in [0.1, 0.15) is 4.21 Å². The molecule has 4 nitrogen and oxygen atoms in total. The number of hydrogen-bond acceptors (Lipinski definition) is 4. The molecule has 1 aromatic heterocycles. The Hall–Kier alpha value is -0.430. The molecule has 2 heterocycles. The van der Waals surface area contributed by atoms with Gasteiger partial charge in [-0.2, -0.15) is 4.31 Å². The van der Waals surface area contributed by atoms with Crippen molar-refractivity contribution in [2.24, 2.45) is 5.73 Å². The average molecular weight is 316 g/mol. The first kappa shape index (κ1) is 15.9. The van der Waals surface area contributed by atoms with Gasteiger partial charge in [0.05, 0.1) is 0 Å². The molecule has 6 heteroatoms. The number of piperidine rings is 1. The van der Waals surface area contributed by atoms with Gasteiger partial charge in [-0.3, -0.25) is 0 Å². The van der Waals surface area contributed by atoms with Crippen LogP contribution in [-0.2, 0) is 15.4 Å². The SMILES string of the molecule is C[C@@H]1C[C@H](N)CCN1S(=O)(=O)c1ccc(C(C)(C)C)s1. The zero-order valence-corrected chi connectivity index (χ0v) is 14.2. The lowest BCUT2D eigenvalue weighted by atomic mass is 9.95. The smallest absolute Gasteiger partial charge is 0.252 e. The minimum absolute atomic E-state index is 0.0195. The molecule has 0 amide bonds. The van der Waals surface area contributed by atoms with Crippen LogP contribution >= 0.6 is 11.3 Å². The third-order valence-electron chi connectivity index (χ3n) is 3.74. The summed E-state index contributed by atoms with van der Waals surface area (Å²) in [5, 5.41) is 0. The lowest BCUT2D eigenvalue weighted by Gasteiger charge is -2.34. The van der Waals surface area contributed by atoms with Gasteiger partial charge in [0.15, 0.2) is 0 Å². The third-order valence-corrected chi connectivity index (χ3v) is 7.73. The van der Waals surface area contributed by atoms with Crippen molar-refractivity contribution in [1.82, 2.24) is 4.31 Å². The molecule has 0 unspecified atom stereocenters. The van der Waals surface area contributed by atoms with Gasteiger partial charge in [0, 0.05) is 23.5 Å². The largest absolute Gasteiger partial charge is 0.328 e. The standard InChI is InChI=1S/C14H24N2O2S2/c1-10-9-11(15)7-8-16(10)20(17,18)13-6-5-12(19-13)14(2,3)4/h5-6,10-11H,7-9,15H2,1-4H3/t10-,11-/m1/s1. The van der Waals surface area contributed by atoms with E-state index in [4.69, 9.17) is 5.73 Å². The molecule has 2 rings (SSSR count). The Kier molecular flexibility index (Phi) is 4.31. The zero-order chi connectivity index (χ0) is 15.1. The van der Waals surface area contributed by atoms with E-state index in [1.165, 1.54) is 11.3 Å². The predicted molar refractivity (Wildman–Crippen MR) is 83.6 cm³/mol. The Bertz CT molecular complexity index is 572. The van der Waals surface area contributed by atoms with Crippen LogP contribution in [0.4, 0.5) is 0 Å². The van der Waals surface area contributed by atoms with Crippen LogP contribution in [0.3, 0.4) is 0 Å². The molecule has 0 radical (unpaired) electrons. The van der Waals surface area contributed by atoms with Crippen molar-refractivity contribution in [2.45, 2.75) is 62.2 Å². The molecule has 0 aliphatic carbocycles. The topological polar surface area (TPSA) is 63.4 Å². The molecule has 1 aliphatic heterocycles. The molecule has 0 saturated carbocycles. The monoisotopic (exact) mass is 316 g/mol. The summed E-state index contributed by atoms with van der Waals surface area (Å²) < 4.78 is 27.5. The van der Waals surface area contributed by atoms with Crippen molar-refractivity contribution in [2.75, 3.05) is 6.54 Å². The first-order chi connectivity index (χ1) is 9.12. The minimum atomic E-state index is -3.38. The first-order valence-electron chi connectivity index (χ1n) is 7.00. The van der Waals surface area contributed by atoms with Crippen LogP contribution < -0.4 is 5.73 Å². The van der Waals surface area contributed by atoms with Crippen LogP contribution in [0.15, 0.2) is 16.3 Å². The lowest BCUT2D eigenvalue weighted by molar-refractivity contribution is 0.247. The summed E-state index contributed by atoms with van der Waals surface area (Å²) in [6, 6.07) is 3.76. The van der Waals surface area contributed by atoms with Crippen LogP contribution in [0.5, 0.6) is 0 Å². The number of thiophene rings is 1. The molecule has 1 fully saturated rings. The fourth-order valence-corrected chi connectivity index (χ4v) is 5.67. The van der Waals surface area contributed by atoms with E-state index in [0.29, 0.717) is 10.8 Å². The maximum atomic E-state index is 12.7. The lowest BCUT2D eigenvalue weighted by Crippen LogP contribution is -2.48. The van der Waals surface area contributed by atoms with Crippen molar-refractivity contribution in [3.8, 4) is 0 Å². The molecule has 0 bridgehead atoms. The number of hydrogen-bond donors (Lipinski definition) is 1. The van der Waals surface area contributed by atoms with E-state index in [1.54, 1.807) is 10.4 Å². The summed E-state index contributed by atoms with van der Waals surface area (Å²) in [7, 11) is -3.38. The minimum Gasteiger partial charge on any atom is -0.328 e. The Morgan fingerprint density at radius 3 is 2.50 bits per heavy atom. The van der Waals surface area contributed by atoms with E-state index in [1.807, 2.05) is 13.0 Å². The molecular formula is C14H24N2O2S2. The third kappa shape index (κ3) is 3.08. The quantitative estimate of drug-likeness (QED) is 0.912. The Labute approximate surface area is 126 Å². The summed E-state index contributed by atoms with van der Waals surface area (Å²) in [6.07, 6.45) is 1.47. The van der Waals surface area contributed by atoms with Crippen LogP contribution in [0, 0.1) is 0 Å².